The Kier molecular flexibility index (Phi) is 7.04. The Morgan fingerprint density at radius 1 is 0.941 bits per heavy atom. The van der Waals surface area contributed by atoms with Crippen molar-refractivity contribution in [2.75, 3.05) is 52.4 Å². The largest absolute Gasteiger partial charge is 0.392 e. The molecule has 0 saturated carbocycles. The quantitative estimate of drug-likeness (QED) is 0.741. The monoisotopic (exact) mass is 243 g/mol. The zero-order valence-electron chi connectivity index (χ0n) is 11.7. The molecule has 0 radical (unpaired) electrons. The van der Waals surface area contributed by atoms with E-state index in [9.17, 15) is 5.11 Å². The molecule has 1 aliphatic heterocycles. The van der Waals surface area contributed by atoms with Crippen LogP contribution in [0.3, 0.4) is 0 Å². The van der Waals surface area contributed by atoms with Crippen LogP contribution in [0.4, 0.5) is 0 Å². The second kappa shape index (κ2) is 8.03. The lowest BCUT2D eigenvalue weighted by Gasteiger charge is -2.27. The maximum atomic E-state index is 9.47. The Bertz CT molecular complexity index is 177. The van der Waals surface area contributed by atoms with Crippen LogP contribution in [0.25, 0.3) is 0 Å². The molecule has 0 spiro atoms. The molecule has 102 valence electrons. The Balaban J connectivity index is 2.40. The summed E-state index contributed by atoms with van der Waals surface area (Å²) in [6, 6.07) is 0. The number of aliphatic hydroxyl groups is 1. The lowest BCUT2D eigenvalue weighted by atomic mass is 10.2. The van der Waals surface area contributed by atoms with Crippen molar-refractivity contribution in [2.45, 2.75) is 26.9 Å². The number of nitrogens with one attached hydrogen (secondary N) is 1. The molecule has 1 heterocycles. The molecule has 1 atom stereocenters. The molecule has 4 nitrogen and oxygen atoms in total. The van der Waals surface area contributed by atoms with Gasteiger partial charge in [-0.15, -0.1) is 0 Å². The summed E-state index contributed by atoms with van der Waals surface area (Å²) in [6.07, 6.45) is -0.227. The predicted octanol–water partition coefficient (Wildman–Crippen LogP) is 0.230. The van der Waals surface area contributed by atoms with E-state index in [1.54, 1.807) is 0 Å². The van der Waals surface area contributed by atoms with E-state index < -0.39 is 0 Å². The predicted molar refractivity (Wildman–Crippen MR) is 72.3 cm³/mol. The van der Waals surface area contributed by atoms with Crippen molar-refractivity contribution < 1.29 is 5.11 Å². The highest BCUT2D eigenvalue weighted by molar-refractivity contribution is 4.71. The Labute approximate surface area is 106 Å². The van der Waals surface area contributed by atoms with E-state index in [0.717, 1.165) is 51.7 Å². The van der Waals surface area contributed by atoms with Gasteiger partial charge < -0.3 is 15.3 Å². The maximum absolute atomic E-state index is 9.47. The smallest absolute Gasteiger partial charge is 0.0639 e. The molecule has 4 heteroatoms. The van der Waals surface area contributed by atoms with Gasteiger partial charge in [-0.1, -0.05) is 13.8 Å². The first-order valence-corrected chi connectivity index (χ1v) is 6.91. The first kappa shape index (κ1) is 14.9. The topological polar surface area (TPSA) is 38.7 Å². The van der Waals surface area contributed by atoms with E-state index in [1.165, 1.54) is 6.54 Å². The van der Waals surface area contributed by atoms with Gasteiger partial charge in [-0.3, -0.25) is 4.90 Å². The van der Waals surface area contributed by atoms with Gasteiger partial charge in [0.1, 0.15) is 0 Å². The van der Waals surface area contributed by atoms with Crippen LogP contribution in [0.1, 0.15) is 20.8 Å². The molecule has 1 rings (SSSR count). The minimum Gasteiger partial charge on any atom is -0.392 e. The van der Waals surface area contributed by atoms with Gasteiger partial charge in [0.15, 0.2) is 0 Å². The minimum atomic E-state index is -0.227. The number of β-amino-alcohol motifs (C(OH)–C–C–N with tert-alkyl or cyclic N) is 1. The molecule has 0 aromatic heterocycles. The lowest BCUT2D eigenvalue weighted by Crippen LogP contribution is -2.40. The molecule has 0 aromatic carbocycles. The number of hydrogen-bond acceptors (Lipinski definition) is 4. The standard InChI is InChI=1S/C13H29N3O/c1-12(2)10-15-6-4-14-5-7-16(9-8-15)11-13(3)17/h12-14,17H,4-11H2,1-3H3/t13-/m0/s1. The Morgan fingerprint density at radius 2 is 1.47 bits per heavy atom. The van der Waals surface area contributed by atoms with Crippen molar-refractivity contribution in [3.8, 4) is 0 Å². The van der Waals surface area contributed by atoms with Crippen LogP contribution >= 0.6 is 0 Å². The first-order chi connectivity index (χ1) is 8.08. The fourth-order valence-corrected chi connectivity index (χ4v) is 2.36. The van der Waals surface area contributed by atoms with Crippen molar-refractivity contribution in [2.24, 2.45) is 5.92 Å². The van der Waals surface area contributed by atoms with Crippen LogP contribution in [-0.2, 0) is 0 Å². The van der Waals surface area contributed by atoms with E-state index in [0.29, 0.717) is 0 Å². The molecule has 0 bridgehead atoms. The molecule has 0 amide bonds. The molecule has 17 heavy (non-hydrogen) atoms. The van der Waals surface area contributed by atoms with Gasteiger partial charge in [0.2, 0.25) is 0 Å². The normalized spacial score (nSPS) is 23.1. The highest BCUT2D eigenvalue weighted by Gasteiger charge is 2.13. The zero-order chi connectivity index (χ0) is 12.7. The van der Waals surface area contributed by atoms with Crippen LogP contribution in [0.5, 0.6) is 0 Å². The van der Waals surface area contributed by atoms with Crippen molar-refractivity contribution in [1.82, 2.24) is 15.1 Å². The molecule has 1 saturated heterocycles. The van der Waals surface area contributed by atoms with Crippen molar-refractivity contribution in [1.29, 1.82) is 0 Å². The molecule has 0 unspecified atom stereocenters. The summed E-state index contributed by atoms with van der Waals surface area (Å²) in [5.74, 6) is 0.723. The highest BCUT2D eigenvalue weighted by Crippen LogP contribution is 2.01. The molecule has 0 aromatic rings. The van der Waals surface area contributed by atoms with E-state index in [-0.39, 0.29) is 6.10 Å². The van der Waals surface area contributed by atoms with E-state index in [1.807, 2.05) is 6.92 Å². The fraction of sp³-hybridized carbons (Fsp3) is 1.00. The number of rotatable bonds is 4. The van der Waals surface area contributed by atoms with Gasteiger partial charge >= 0.3 is 0 Å². The SMILES string of the molecule is CC(C)CN1CCNCCN(C[C@H](C)O)CC1. The molecule has 1 aliphatic rings. The first-order valence-electron chi connectivity index (χ1n) is 6.91. The molecule has 0 aliphatic carbocycles. The third-order valence-electron chi connectivity index (χ3n) is 3.09. The van der Waals surface area contributed by atoms with Crippen LogP contribution in [0, 0.1) is 5.92 Å². The highest BCUT2D eigenvalue weighted by atomic mass is 16.3. The van der Waals surface area contributed by atoms with Gasteiger partial charge in [0.25, 0.3) is 0 Å². The summed E-state index contributed by atoms with van der Waals surface area (Å²) in [5.41, 5.74) is 0. The third-order valence-corrected chi connectivity index (χ3v) is 3.09. The van der Waals surface area contributed by atoms with E-state index in [2.05, 4.69) is 29.0 Å². The Morgan fingerprint density at radius 3 is 1.94 bits per heavy atom. The lowest BCUT2D eigenvalue weighted by molar-refractivity contribution is 0.119. The van der Waals surface area contributed by atoms with Gasteiger partial charge in [-0.05, 0) is 12.8 Å². The van der Waals surface area contributed by atoms with Gasteiger partial charge in [0.05, 0.1) is 6.10 Å². The average molecular weight is 243 g/mol. The summed E-state index contributed by atoms with van der Waals surface area (Å²) in [4.78, 5) is 4.88. The van der Waals surface area contributed by atoms with E-state index in [4.69, 9.17) is 0 Å². The summed E-state index contributed by atoms with van der Waals surface area (Å²) < 4.78 is 0. The number of hydrogen-bond donors (Lipinski definition) is 2. The minimum absolute atomic E-state index is 0.227. The van der Waals surface area contributed by atoms with Gasteiger partial charge in [-0.2, -0.15) is 0 Å². The van der Waals surface area contributed by atoms with Crippen molar-refractivity contribution in [3.63, 3.8) is 0 Å². The number of aliphatic hydroxyl groups excluding tert-OH is 1. The summed E-state index contributed by atoms with van der Waals surface area (Å²) in [5, 5.41) is 12.9. The van der Waals surface area contributed by atoms with Crippen LogP contribution in [0.15, 0.2) is 0 Å². The molecular formula is C13H29N3O. The van der Waals surface area contributed by atoms with Crippen LogP contribution < -0.4 is 5.32 Å². The third kappa shape index (κ3) is 6.99. The summed E-state index contributed by atoms with van der Waals surface area (Å²) >= 11 is 0. The Hall–Kier alpha value is -0.160. The van der Waals surface area contributed by atoms with Crippen molar-refractivity contribution in [3.05, 3.63) is 0 Å². The van der Waals surface area contributed by atoms with Crippen molar-refractivity contribution >= 4 is 0 Å². The van der Waals surface area contributed by atoms with Gasteiger partial charge in [0, 0.05) is 52.4 Å². The fourth-order valence-electron chi connectivity index (χ4n) is 2.36. The van der Waals surface area contributed by atoms with Crippen LogP contribution in [0.2, 0.25) is 0 Å². The molecular weight excluding hydrogens is 214 g/mol. The summed E-state index contributed by atoms with van der Waals surface area (Å²) in [6.45, 7) is 14.8. The van der Waals surface area contributed by atoms with E-state index >= 15 is 0 Å². The molecule has 1 fully saturated rings. The maximum Gasteiger partial charge on any atom is 0.0639 e. The zero-order valence-corrected chi connectivity index (χ0v) is 11.7. The van der Waals surface area contributed by atoms with Crippen LogP contribution in [-0.4, -0.2) is 73.4 Å². The second-order valence-electron chi connectivity index (χ2n) is 5.59. The average Bonchev–Trinajstić information content (AvgIpc) is 2.31. The second-order valence-corrected chi connectivity index (χ2v) is 5.59. The van der Waals surface area contributed by atoms with Gasteiger partial charge in [-0.25, -0.2) is 0 Å². The molecule has 2 N–H and O–H groups in total. The summed E-state index contributed by atoms with van der Waals surface area (Å²) in [7, 11) is 0. The number of nitrogens with zero attached hydrogens (tertiary/aromatic N) is 2.